The molecular weight excluding hydrogens is 390 g/mol. The molecule has 1 amide bonds. The fourth-order valence-corrected chi connectivity index (χ4v) is 3.41. The van der Waals surface area contributed by atoms with Crippen LogP contribution in [0.25, 0.3) is 11.4 Å². The predicted molar refractivity (Wildman–Crippen MR) is 119 cm³/mol. The minimum absolute atomic E-state index is 0.262. The quantitative estimate of drug-likeness (QED) is 0.373. The van der Waals surface area contributed by atoms with Gasteiger partial charge in [-0.05, 0) is 49.2 Å². The maximum absolute atomic E-state index is 12.5. The molecule has 2 N–H and O–H groups in total. The van der Waals surface area contributed by atoms with Gasteiger partial charge in [0.1, 0.15) is 0 Å². The van der Waals surface area contributed by atoms with E-state index < -0.39 is 0 Å². The molecule has 0 aliphatic rings. The highest BCUT2D eigenvalue weighted by atomic mass is 16.2. The van der Waals surface area contributed by atoms with Crippen LogP contribution in [0.15, 0.2) is 65.9 Å². The van der Waals surface area contributed by atoms with Crippen LogP contribution in [-0.2, 0) is 6.54 Å². The maximum atomic E-state index is 12.5. The van der Waals surface area contributed by atoms with E-state index in [1.165, 1.54) is 4.80 Å². The van der Waals surface area contributed by atoms with Gasteiger partial charge in [0.2, 0.25) is 5.82 Å². The normalized spacial score (nSPS) is 11.5. The Morgan fingerprint density at radius 2 is 1.84 bits per heavy atom. The van der Waals surface area contributed by atoms with E-state index in [1.54, 1.807) is 12.1 Å². The Balaban J connectivity index is 1.40. The number of aromatic nitrogens is 5. The summed E-state index contributed by atoms with van der Waals surface area (Å²) in [5.41, 5.74) is 8.93. The summed E-state index contributed by atoms with van der Waals surface area (Å²) in [6, 6.07) is 17.0. The van der Waals surface area contributed by atoms with Crippen molar-refractivity contribution in [3.05, 3.63) is 88.7 Å². The van der Waals surface area contributed by atoms with Crippen molar-refractivity contribution < 1.29 is 4.79 Å². The zero-order valence-corrected chi connectivity index (χ0v) is 17.6. The lowest BCUT2D eigenvalue weighted by Crippen LogP contribution is -2.19. The third-order valence-electron chi connectivity index (χ3n) is 4.99. The van der Waals surface area contributed by atoms with E-state index in [0.717, 1.165) is 33.7 Å². The van der Waals surface area contributed by atoms with Gasteiger partial charge in [0.25, 0.3) is 5.91 Å². The first-order valence-electron chi connectivity index (χ1n) is 9.93. The summed E-state index contributed by atoms with van der Waals surface area (Å²) in [7, 11) is 0. The number of H-pyrrole nitrogens is 1. The summed E-state index contributed by atoms with van der Waals surface area (Å²) >= 11 is 0. The van der Waals surface area contributed by atoms with Gasteiger partial charge in [0.15, 0.2) is 0 Å². The molecule has 0 aliphatic carbocycles. The highest BCUT2D eigenvalue weighted by Gasteiger charge is 2.10. The van der Waals surface area contributed by atoms with Crippen molar-refractivity contribution in [2.75, 3.05) is 0 Å². The maximum Gasteiger partial charge on any atom is 0.271 e. The van der Waals surface area contributed by atoms with Crippen molar-refractivity contribution in [2.45, 2.75) is 27.3 Å². The molecule has 0 aliphatic heterocycles. The Labute approximate surface area is 180 Å². The monoisotopic (exact) mass is 413 g/mol. The van der Waals surface area contributed by atoms with E-state index in [9.17, 15) is 4.79 Å². The molecule has 0 radical (unpaired) electrons. The largest absolute Gasteiger partial charge is 0.364 e. The van der Waals surface area contributed by atoms with Crippen LogP contribution in [0.5, 0.6) is 0 Å². The number of aryl methyl sites for hydroxylation is 2. The smallest absolute Gasteiger partial charge is 0.271 e. The number of nitrogens with one attached hydrogen (secondary N) is 2. The number of aromatic amines is 1. The van der Waals surface area contributed by atoms with Gasteiger partial charge < -0.3 is 4.98 Å². The first kappa shape index (κ1) is 20.2. The van der Waals surface area contributed by atoms with Gasteiger partial charge in [-0.3, -0.25) is 4.79 Å². The van der Waals surface area contributed by atoms with Crippen LogP contribution in [0.4, 0.5) is 0 Å². The SMILES string of the molecule is C/C(=N\NC(=O)c1ccc(Cn2nnc(-c3ccccc3)n2)cc1)c1c(C)c[nH]c1C. The van der Waals surface area contributed by atoms with E-state index in [0.29, 0.717) is 17.9 Å². The standard InChI is InChI=1S/C23H23N7O/c1-15-13-24-16(2)21(15)17(3)25-27-23(31)20-11-9-18(10-12-20)14-30-28-22(26-29-30)19-7-5-4-6-8-19/h4-13,24H,14H2,1-3H3,(H,27,31)/b25-17+. The Morgan fingerprint density at radius 1 is 1.10 bits per heavy atom. The van der Waals surface area contributed by atoms with Crippen molar-refractivity contribution in [2.24, 2.45) is 5.10 Å². The Kier molecular flexibility index (Phi) is 5.70. The van der Waals surface area contributed by atoms with E-state index in [1.807, 2.05) is 69.4 Å². The Morgan fingerprint density at radius 3 is 2.52 bits per heavy atom. The first-order valence-corrected chi connectivity index (χ1v) is 9.93. The fraction of sp³-hybridized carbons (Fsp3) is 0.174. The lowest BCUT2D eigenvalue weighted by molar-refractivity contribution is 0.0955. The minimum Gasteiger partial charge on any atom is -0.364 e. The number of nitrogens with zero attached hydrogens (tertiary/aromatic N) is 5. The summed E-state index contributed by atoms with van der Waals surface area (Å²) in [5.74, 6) is 0.319. The second kappa shape index (κ2) is 8.74. The highest BCUT2D eigenvalue weighted by molar-refractivity contribution is 6.02. The number of amides is 1. The third-order valence-corrected chi connectivity index (χ3v) is 4.99. The van der Waals surface area contributed by atoms with Gasteiger partial charge in [-0.25, -0.2) is 5.43 Å². The van der Waals surface area contributed by atoms with Crippen LogP contribution in [0.2, 0.25) is 0 Å². The average Bonchev–Trinajstić information content (AvgIpc) is 3.39. The van der Waals surface area contributed by atoms with E-state index >= 15 is 0 Å². The number of tetrazole rings is 1. The van der Waals surface area contributed by atoms with E-state index in [4.69, 9.17) is 0 Å². The molecular formula is C23H23N7O. The molecule has 0 atom stereocenters. The van der Waals surface area contributed by atoms with Crippen molar-refractivity contribution in [1.82, 2.24) is 30.6 Å². The van der Waals surface area contributed by atoms with E-state index in [-0.39, 0.29) is 5.91 Å². The number of hydrogen-bond donors (Lipinski definition) is 2. The lowest BCUT2D eigenvalue weighted by Gasteiger charge is -2.05. The Hall–Kier alpha value is -4.07. The molecule has 2 aromatic carbocycles. The molecule has 4 rings (SSSR count). The zero-order valence-electron chi connectivity index (χ0n) is 17.6. The van der Waals surface area contributed by atoms with Crippen molar-refractivity contribution in [3.63, 3.8) is 0 Å². The molecule has 2 aromatic heterocycles. The molecule has 0 spiro atoms. The van der Waals surface area contributed by atoms with E-state index in [2.05, 4.69) is 30.9 Å². The van der Waals surface area contributed by atoms with Gasteiger partial charge in [-0.2, -0.15) is 9.90 Å². The van der Waals surface area contributed by atoms with Crippen LogP contribution in [0.3, 0.4) is 0 Å². The summed E-state index contributed by atoms with van der Waals surface area (Å²) in [6.07, 6.45) is 1.93. The lowest BCUT2D eigenvalue weighted by atomic mass is 10.1. The molecule has 0 fully saturated rings. The molecule has 0 unspecified atom stereocenters. The predicted octanol–water partition coefficient (Wildman–Crippen LogP) is 3.49. The van der Waals surface area contributed by atoms with Crippen LogP contribution in [0, 0.1) is 13.8 Å². The van der Waals surface area contributed by atoms with Crippen molar-refractivity contribution >= 4 is 11.6 Å². The van der Waals surface area contributed by atoms with Crippen LogP contribution in [-0.4, -0.2) is 36.8 Å². The first-order chi connectivity index (χ1) is 15.0. The number of rotatable bonds is 6. The molecule has 4 aromatic rings. The molecule has 0 saturated heterocycles. The second-order valence-electron chi connectivity index (χ2n) is 7.32. The van der Waals surface area contributed by atoms with Crippen LogP contribution in [0.1, 0.15) is 39.7 Å². The summed E-state index contributed by atoms with van der Waals surface area (Å²) in [6.45, 7) is 6.33. The Bertz CT molecular complexity index is 1200. The third kappa shape index (κ3) is 4.58. The highest BCUT2D eigenvalue weighted by Crippen LogP contribution is 2.14. The topological polar surface area (TPSA) is 101 Å². The van der Waals surface area contributed by atoms with Gasteiger partial charge in [-0.15, -0.1) is 10.2 Å². The van der Waals surface area contributed by atoms with Gasteiger partial charge in [-0.1, -0.05) is 42.5 Å². The molecule has 2 heterocycles. The van der Waals surface area contributed by atoms with Crippen LogP contribution < -0.4 is 5.43 Å². The molecule has 0 bridgehead atoms. The molecule has 156 valence electrons. The number of benzene rings is 2. The molecule has 8 heteroatoms. The zero-order chi connectivity index (χ0) is 21.8. The summed E-state index contributed by atoms with van der Waals surface area (Å²) in [5, 5.41) is 16.9. The number of hydrogen-bond acceptors (Lipinski definition) is 5. The molecule has 0 saturated carbocycles. The molecule has 8 nitrogen and oxygen atoms in total. The second-order valence-corrected chi connectivity index (χ2v) is 7.32. The van der Waals surface area contributed by atoms with Crippen molar-refractivity contribution in [3.8, 4) is 11.4 Å². The number of carbonyl (C=O) groups excluding carboxylic acids is 1. The van der Waals surface area contributed by atoms with Crippen LogP contribution >= 0.6 is 0 Å². The van der Waals surface area contributed by atoms with Gasteiger partial charge >= 0.3 is 0 Å². The number of hydrazone groups is 1. The fourth-order valence-electron chi connectivity index (χ4n) is 3.41. The van der Waals surface area contributed by atoms with Crippen molar-refractivity contribution in [1.29, 1.82) is 0 Å². The van der Waals surface area contributed by atoms with Gasteiger partial charge in [0.05, 0.1) is 12.3 Å². The summed E-state index contributed by atoms with van der Waals surface area (Å²) in [4.78, 5) is 17.2. The van der Waals surface area contributed by atoms with Gasteiger partial charge in [0, 0.05) is 28.6 Å². The molecule has 31 heavy (non-hydrogen) atoms. The average molecular weight is 413 g/mol. The summed E-state index contributed by atoms with van der Waals surface area (Å²) < 4.78 is 0. The minimum atomic E-state index is -0.262. The number of carbonyl (C=O) groups is 1.